The molecule has 2 rings (SSSR count). The van der Waals surface area contributed by atoms with Crippen LogP contribution in [0.1, 0.15) is 39.0 Å². The first kappa shape index (κ1) is 13.8. The van der Waals surface area contributed by atoms with Crippen molar-refractivity contribution in [3.05, 3.63) is 0 Å². The van der Waals surface area contributed by atoms with Crippen molar-refractivity contribution in [2.45, 2.75) is 50.7 Å². The summed E-state index contributed by atoms with van der Waals surface area (Å²) in [6.07, 6.45) is 3.97. The van der Waals surface area contributed by atoms with Crippen LogP contribution in [0.3, 0.4) is 0 Å². The molecule has 1 amide bonds. The Bertz CT molecular complexity index is 414. The Morgan fingerprint density at radius 2 is 2.28 bits per heavy atom. The minimum atomic E-state index is -2.97. The molecule has 2 heterocycles. The number of sulfone groups is 1. The number of rotatable bonds is 4. The highest BCUT2D eigenvalue weighted by Gasteiger charge is 2.39. The van der Waals surface area contributed by atoms with Crippen molar-refractivity contribution >= 4 is 15.7 Å². The minimum Gasteiger partial charge on any atom is -0.378 e. The van der Waals surface area contributed by atoms with Crippen LogP contribution in [0.15, 0.2) is 0 Å². The van der Waals surface area contributed by atoms with Gasteiger partial charge in [0.15, 0.2) is 9.84 Å². The third-order valence-electron chi connectivity index (χ3n) is 3.66. The van der Waals surface area contributed by atoms with E-state index < -0.39 is 15.4 Å². The molecule has 1 N–H and O–H groups in total. The minimum absolute atomic E-state index is 0.0612. The lowest BCUT2D eigenvalue weighted by Gasteiger charge is -2.24. The lowest BCUT2D eigenvalue weighted by molar-refractivity contribution is -0.123. The van der Waals surface area contributed by atoms with Crippen molar-refractivity contribution in [2.24, 2.45) is 0 Å². The molecule has 0 spiro atoms. The molecule has 2 saturated heterocycles. The second-order valence-electron chi connectivity index (χ2n) is 5.62. The van der Waals surface area contributed by atoms with Crippen LogP contribution in [0.25, 0.3) is 0 Å². The molecular formula is C12H21NO4S. The molecule has 6 heteroatoms. The van der Waals surface area contributed by atoms with E-state index in [1.165, 1.54) is 0 Å². The number of carbonyl (C=O) groups excluding carboxylic acids is 1. The molecule has 0 aliphatic carbocycles. The van der Waals surface area contributed by atoms with Gasteiger partial charge in [0, 0.05) is 13.0 Å². The molecule has 0 saturated carbocycles. The Balaban J connectivity index is 1.77. The molecule has 104 valence electrons. The highest BCUT2D eigenvalue weighted by atomic mass is 32.2. The van der Waals surface area contributed by atoms with Gasteiger partial charge in [-0.05, 0) is 32.6 Å². The molecule has 0 aromatic heterocycles. The molecule has 0 aromatic carbocycles. The van der Waals surface area contributed by atoms with Crippen molar-refractivity contribution < 1.29 is 17.9 Å². The SMILES string of the molecule is CC1(NC(=O)CCC2CCCO2)CCS(=O)(=O)C1. The second kappa shape index (κ2) is 5.17. The molecule has 5 nitrogen and oxygen atoms in total. The highest BCUT2D eigenvalue weighted by molar-refractivity contribution is 7.91. The number of hydrogen-bond donors (Lipinski definition) is 1. The monoisotopic (exact) mass is 275 g/mol. The van der Waals surface area contributed by atoms with E-state index in [2.05, 4.69) is 5.32 Å². The van der Waals surface area contributed by atoms with Gasteiger partial charge in [0.25, 0.3) is 0 Å². The molecule has 2 fully saturated rings. The fourth-order valence-corrected chi connectivity index (χ4v) is 4.77. The van der Waals surface area contributed by atoms with E-state index in [1.807, 2.05) is 6.92 Å². The third-order valence-corrected chi connectivity index (χ3v) is 5.56. The summed E-state index contributed by atoms with van der Waals surface area (Å²) in [4.78, 5) is 11.8. The zero-order chi connectivity index (χ0) is 13.2. The first-order chi connectivity index (χ1) is 8.39. The van der Waals surface area contributed by atoms with Gasteiger partial charge in [-0.3, -0.25) is 4.79 Å². The number of ether oxygens (including phenoxy) is 1. The maximum Gasteiger partial charge on any atom is 0.220 e. The van der Waals surface area contributed by atoms with Crippen molar-refractivity contribution in [1.82, 2.24) is 5.32 Å². The van der Waals surface area contributed by atoms with Gasteiger partial charge in [-0.15, -0.1) is 0 Å². The Kier molecular flexibility index (Phi) is 3.96. The Labute approximate surface area is 108 Å². The maximum atomic E-state index is 11.8. The van der Waals surface area contributed by atoms with Crippen LogP contribution in [0, 0.1) is 0 Å². The maximum absolute atomic E-state index is 11.8. The predicted molar refractivity (Wildman–Crippen MR) is 68.0 cm³/mol. The van der Waals surface area contributed by atoms with Crippen molar-refractivity contribution in [3.63, 3.8) is 0 Å². The van der Waals surface area contributed by atoms with E-state index >= 15 is 0 Å². The van der Waals surface area contributed by atoms with Gasteiger partial charge in [0.1, 0.15) is 0 Å². The summed E-state index contributed by atoms with van der Waals surface area (Å²) in [6.45, 7) is 2.60. The first-order valence-electron chi connectivity index (χ1n) is 6.52. The average molecular weight is 275 g/mol. The quantitative estimate of drug-likeness (QED) is 0.817. The topological polar surface area (TPSA) is 72.5 Å². The summed E-state index contributed by atoms with van der Waals surface area (Å²) in [6, 6.07) is 0. The molecule has 2 aliphatic heterocycles. The summed E-state index contributed by atoms with van der Waals surface area (Å²) in [5.41, 5.74) is -0.577. The lowest BCUT2D eigenvalue weighted by Crippen LogP contribution is -2.47. The zero-order valence-corrected chi connectivity index (χ0v) is 11.6. The molecule has 2 atom stereocenters. The van der Waals surface area contributed by atoms with Gasteiger partial charge in [0.2, 0.25) is 5.91 Å². The highest BCUT2D eigenvalue weighted by Crippen LogP contribution is 2.23. The molecule has 0 bridgehead atoms. The summed E-state index contributed by atoms with van der Waals surface area (Å²) in [7, 11) is -2.97. The van der Waals surface area contributed by atoms with Crippen LogP contribution in [-0.4, -0.2) is 44.1 Å². The number of carbonyl (C=O) groups is 1. The van der Waals surface area contributed by atoms with E-state index in [-0.39, 0.29) is 23.5 Å². The first-order valence-corrected chi connectivity index (χ1v) is 8.34. The van der Waals surface area contributed by atoms with Gasteiger partial charge in [-0.2, -0.15) is 0 Å². The fourth-order valence-electron chi connectivity index (χ4n) is 2.67. The second-order valence-corrected chi connectivity index (χ2v) is 7.81. The fraction of sp³-hybridized carbons (Fsp3) is 0.917. The van der Waals surface area contributed by atoms with Crippen LogP contribution in [-0.2, 0) is 19.4 Å². The van der Waals surface area contributed by atoms with Gasteiger partial charge < -0.3 is 10.1 Å². The summed E-state index contributed by atoms with van der Waals surface area (Å²) >= 11 is 0. The number of amides is 1. The van der Waals surface area contributed by atoms with Gasteiger partial charge in [-0.25, -0.2) is 8.42 Å². The lowest BCUT2D eigenvalue weighted by atomic mass is 10.0. The van der Waals surface area contributed by atoms with E-state index in [0.29, 0.717) is 12.8 Å². The summed E-state index contributed by atoms with van der Waals surface area (Å²) in [5, 5.41) is 2.86. The van der Waals surface area contributed by atoms with Gasteiger partial charge in [0.05, 0.1) is 23.1 Å². The van der Waals surface area contributed by atoms with E-state index in [9.17, 15) is 13.2 Å². The largest absolute Gasteiger partial charge is 0.378 e. The normalized spacial score (nSPS) is 34.6. The molecular weight excluding hydrogens is 254 g/mol. The van der Waals surface area contributed by atoms with Crippen molar-refractivity contribution in [1.29, 1.82) is 0 Å². The number of hydrogen-bond acceptors (Lipinski definition) is 4. The van der Waals surface area contributed by atoms with Crippen molar-refractivity contribution in [3.8, 4) is 0 Å². The van der Waals surface area contributed by atoms with E-state index in [4.69, 9.17) is 4.74 Å². The van der Waals surface area contributed by atoms with Crippen LogP contribution in [0.4, 0.5) is 0 Å². The van der Waals surface area contributed by atoms with E-state index in [0.717, 1.165) is 25.9 Å². The third kappa shape index (κ3) is 3.68. The molecule has 18 heavy (non-hydrogen) atoms. The van der Waals surface area contributed by atoms with Crippen LogP contribution in [0.5, 0.6) is 0 Å². The number of nitrogens with one attached hydrogen (secondary N) is 1. The predicted octanol–water partition coefficient (Wildman–Crippen LogP) is 0.639. The van der Waals surface area contributed by atoms with Crippen LogP contribution >= 0.6 is 0 Å². The zero-order valence-electron chi connectivity index (χ0n) is 10.8. The molecule has 0 aromatic rings. The van der Waals surface area contributed by atoms with Gasteiger partial charge >= 0.3 is 0 Å². The Morgan fingerprint density at radius 3 is 2.83 bits per heavy atom. The Morgan fingerprint density at radius 1 is 1.50 bits per heavy atom. The van der Waals surface area contributed by atoms with Crippen LogP contribution in [0.2, 0.25) is 0 Å². The summed E-state index contributed by atoms with van der Waals surface area (Å²) < 4.78 is 28.3. The molecule has 0 radical (unpaired) electrons. The van der Waals surface area contributed by atoms with E-state index in [1.54, 1.807) is 0 Å². The molecule has 2 unspecified atom stereocenters. The van der Waals surface area contributed by atoms with Gasteiger partial charge in [-0.1, -0.05) is 0 Å². The smallest absolute Gasteiger partial charge is 0.220 e. The molecule has 2 aliphatic rings. The summed E-state index contributed by atoms with van der Waals surface area (Å²) in [5.74, 6) is 0.173. The Hall–Kier alpha value is -0.620. The standard InChI is InChI=1S/C12H21NO4S/c1-12(6-8-18(15,16)9-12)13-11(14)5-4-10-3-2-7-17-10/h10H,2-9H2,1H3,(H,13,14). The van der Waals surface area contributed by atoms with Crippen molar-refractivity contribution in [2.75, 3.05) is 18.1 Å². The average Bonchev–Trinajstić information content (AvgIpc) is 2.84. The van der Waals surface area contributed by atoms with Crippen LogP contribution < -0.4 is 5.32 Å².